The molecule has 0 aliphatic heterocycles. The van der Waals surface area contributed by atoms with Gasteiger partial charge in [0.15, 0.2) is 17.3 Å². The maximum atomic E-state index is 13.7. The van der Waals surface area contributed by atoms with Crippen molar-refractivity contribution in [2.75, 3.05) is 26.1 Å². The molecule has 1 atom stereocenters. The molecular formula is C27H40N4O6. The highest BCUT2D eigenvalue weighted by atomic mass is 16.5. The van der Waals surface area contributed by atoms with Crippen LogP contribution in [0.2, 0.25) is 0 Å². The van der Waals surface area contributed by atoms with Crippen LogP contribution in [0, 0.1) is 12.8 Å². The molecule has 10 heteroatoms. The minimum absolute atomic E-state index is 0.0776. The predicted octanol–water partition coefficient (Wildman–Crippen LogP) is 4.25. The van der Waals surface area contributed by atoms with Crippen LogP contribution in [-0.2, 0) is 14.4 Å². The standard InChI is InChI=1S/C27H40N4O6/c1-17(2)14-15-31(23(33)13-12-22(32)28-21-16-18(3)37-30-21)24(26(34)29-27(4,5)6)19-10-9-11-20(35-7)25(19)36-8/h9-11,16-17,24H,12-15H2,1-8H3,(H,29,34)(H,28,30,32)/t24-/m0/s1. The summed E-state index contributed by atoms with van der Waals surface area (Å²) >= 11 is 0. The molecular weight excluding hydrogens is 476 g/mol. The number of benzene rings is 1. The Labute approximate surface area is 219 Å². The second-order valence-electron chi connectivity index (χ2n) is 10.4. The first-order chi connectivity index (χ1) is 17.4. The van der Waals surface area contributed by atoms with E-state index in [4.69, 9.17) is 14.0 Å². The van der Waals surface area contributed by atoms with Crippen molar-refractivity contribution in [2.24, 2.45) is 5.92 Å². The lowest BCUT2D eigenvalue weighted by Gasteiger charge is -2.35. The maximum absolute atomic E-state index is 13.7. The summed E-state index contributed by atoms with van der Waals surface area (Å²) < 4.78 is 16.0. The van der Waals surface area contributed by atoms with E-state index in [-0.39, 0.29) is 42.3 Å². The Morgan fingerprint density at radius 1 is 1.11 bits per heavy atom. The molecule has 0 fully saturated rings. The molecule has 1 aromatic heterocycles. The summed E-state index contributed by atoms with van der Waals surface area (Å²) in [6.07, 6.45) is 0.500. The molecule has 10 nitrogen and oxygen atoms in total. The second kappa shape index (κ2) is 13.1. The van der Waals surface area contributed by atoms with E-state index in [0.29, 0.717) is 35.8 Å². The fraction of sp³-hybridized carbons (Fsp3) is 0.556. The molecule has 0 saturated heterocycles. The minimum Gasteiger partial charge on any atom is -0.493 e. The first kappa shape index (κ1) is 29.7. The van der Waals surface area contributed by atoms with Crippen LogP contribution in [0.15, 0.2) is 28.8 Å². The molecule has 0 saturated carbocycles. The van der Waals surface area contributed by atoms with Crippen LogP contribution < -0.4 is 20.1 Å². The molecule has 2 aromatic rings. The number of aryl methyl sites for hydroxylation is 1. The van der Waals surface area contributed by atoms with Gasteiger partial charge in [-0.1, -0.05) is 31.1 Å². The molecule has 2 rings (SSSR count). The third-order valence-electron chi connectivity index (χ3n) is 5.52. The molecule has 0 spiro atoms. The van der Waals surface area contributed by atoms with E-state index in [1.54, 1.807) is 31.2 Å². The average Bonchev–Trinajstić information content (AvgIpc) is 3.22. The molecule has 204 valence electrons. The van der Waals surface area contributed by atoms with Crippen molar-refractivity contribution < 1.29 is 28.4 Å². The number of carbonyl (C=O) groups is 3. The van der Waals surface area contributed by atoms with Gasteiger partial charge in [0.1, 0.15) is 11.8 Å². The van der Waals surface area contributed by atoms with Gasteiger partial charge in [-0.2, -0.15) is 0 Å². The van der Waals surface area contributed by atoms with Gasteiger partial charge in [-0.3, -0.25) is 14.4 Å². The average molecular weight is 517 g/mol. The Hall–Kier alpha value is -3.56. The molecule has 0 radical (unpaired) electrons. The monoisotopic (exact) mass is 516 g/mol. The van der Waals surface area contributed by atoms with E-state index in [2.05, 4.69) is 15.8 Å². The zero-order valence-corrected chi connectivity index (χ0v) is 23.1. The number of rotatable bonds is 12. The van der Waals surface area contributed by atoms with E-state index >= 15 is 0 Å². The van der Waals surface area contributed by atoms with E-state index in [9.17, 15) is 14.4 Å². The number of hydrogen-bond acceptors (Lipinski definition) is 7. The Bertz CT molecular complexity index is 1070. The molecule has 1 aromatic carbocycles. The van der Waals surface area contributed by atoms with Crippen molar-refractivity contribution >= 4 is 23.5 Å². The van der Waals surface area contributed by atoms with Gasteiger partial charge in [0, 0.05) is 36.6 Å². The van der Waals surface area contributed by atoms with E-state index in [0.717, 1.165) is 0 Å². The van der Waals surface area contributed by atoms with Gasteiger partial charge in [-0.15, -0.1) is 0 Å². The fourth-order valence-corrected chi connectivity index (χ4v) is 3.81. The fourth-order valence-electron chi connectivity index (χ4n) is 3.81. The summed E-state index contributed by atoms with van der Waals surface area (Å²) in [4.78, 5) is 41.3. The molecule has 2 N–H and O–H groups in total. The lowest BCUT2D eigenvalue weighted by Crippen LogP contribution is -2.49. The van der Waals surface area contributed by atoms with Crippen molar-refractivity contribution in [3.63, 3.8) is 0 Å². The number of amides is 3. The first-order valence-corrected chi connectivity index (χ1v) is 12.4. The number of carbonyl (C=O) groups excluding carboxylic acids is 3. The molecule has 37 heavy (non-hydrogen) atoms. The van der Waals surface area contributed by atoms with Gasteiger partial charge in [-0.25, -0.2) is 0 Å². The van der Waals surface area contributed by atoms with Crippen LogP contribution >= 0.6 is 0 Å². The van der Waals surface area contributed by atoms with E-state index in [1.165, 1.54) is 19.1 Å². The lowest BCUT2D eigenvalue weighted by molar-refractivity contribution is -0.142. The number of hydrogen-bond donors (Lipinski definition) is 2. The summed E-state index contributed by atoms with van der Waals surface area (Å²) in [7, 11) is 3.01. The summed E-state index contributed by atoms with van der Waals surface area (Å²) in [5, 5.41) is 9.37. The maximum Gasteiger partial charge on any atom is 0.247 e. The molecule has 0 bridgehead atoms. The van der Waals surface area contributed by atoms with Crippen molar-refractivity contribution in [3.05, 3.63) is 35.6 Å². The molecule has 3 amide bonds. The van der Waals surface area contributed by atoms with Crippen molar-refractivity contribution in [1.82, 2.24) is 15.4 Å². The van der Waals surface area contributed by atoms with Crippen LogP contribution in [0.25, 0.3) is 0 Å². The third kappa shape index (κ3) is 8.80. The van der Waals surface area contributed by atoms with Crippen LogP contribution in [-0.4, -0.2) is 54.1 Å². The SMILES string of the molecule is COc1cccc([C@@H](C(=O)NC(C)(C)C)N(CCC(C)C)C(=O)CCC(=O)Nc2cc(C)on2)c1OC. The summed E-state index contributed by atoms with van der Waals surface area (Å²) in [6.45, 7) is 11.8. The van der Waals surface area contributed by atoms with Crippen molar-refractivity contribution in [1.29, 1.82) is 0 Å². The lowest BCUT2D eigenvalue weighted by atomic mass is 9.98. The van der Waals surface area contributed by atoms with E-state index in [1.807, 2.05) is 34.6 Å². The number of nitrogens with zero attached hydrogens (tertiary/aromatic N) is 2. The first-order valence-electron chi connectivity index (χ1n) is 12.4. The zero-order chi connectivity index (χ0) is 27.8. The summed E-state index contributed by atoms with van der Waals surface area (Å²) in [5.74, 6) is 0.909. The number of anilines is 1. The zero-order valence-electron chi connectivity index (χ0n) is 23.1. The van der Waals surface area contributed by atoms with Gasteiger partial charge in [0.2, 0.25) is 17.7 Å². The highest BCUT2D eigenvalue weighted by Gasteiger charge is 2.36. The molecule has 0 aliphatic rings. The van der Waals surface area contributed by atoms with Gasteiger partial charge in [0.25, 0.3) is 0 Å². The number of methoxy groups -OCH3 is 2. The predicted molar refractivity (Wildman–Crippen MR) is 140 cm³/mol. The number of nitrogens with one attached hydrogen (secondary N) is 2. The summed E-state index contributed by atoms with van der Waals surface area (Å²) in [6, 6.07) is 5.85. The Morgan fingerprint density at radius 3 is 2.35 bits per heavy atom. The van der Waals surface area contributed by atoms with Crippen molar-refractivity contribution in [3.8, 4) is 11.5 Å². The van der Waals surface area contributed by atoms with Gasteiger partial charge in [0.05, 0.1) is 14.2 Å². The normalized spacial score (nSPS) is 12.1. The molecule has 0 aliphatic carbocycles. The number of para-hydroxylation sites is 1. The highest BCUT2D eigenvalue weighted by molar-refractivity contribution is 5.94. The Morgan fingerprint density at radius 2 is 1.81 bits per heavy atom. The quantitative estimate of drug-likeness (QED) is 0.432. The van der Waals surface area contributed by atoms with Gasteiger partial charge < -0.3 is 29.5 Å². The van der Waals surface area contributed by atoms with Crippen LogP contribution in [0.4, 0.5) is 5.82 Å². The molecule has 1 heterocycles. The van der Waals surface area contributed by atoms with Crippen LogP contribution in [0.1, 0.15) is 71.2 Å². The second-order valence-corrected chi connectivity index (χ2v) is 10.4. The van der Waals surface area contributed by atoms with E-state index < -0.39 is 11.6 Å². The number of ether oxygens (including phenoxy) is 2. The topological polar surface area (TPSA) is 123 Å². The summed E-state index contributed by atoms with van der Waals surface area (Å²) in [5.41, 5.74) is -0.0349. The Kier molecular flexibility index (Phi) is 10.5. The van der Waals surface area contributed by atoms with Crippen molar-refractivity contribution in [2.45, 2.75) is 72.4 Å². The molecule has 0 unspecified atom stereocenters. The smallest absolute Gasteiger partial charge is 0.247 e. The van der Waals surface area contributed by atoms with Crippen LogP contribution in [0.3, 0.4) is 0 Å². The highest BCUT2D eigenvalue weighted by Crippen LogP contribution is 2.38. The van der Waals surface area contributed by atoms with Crippen LogP contribution in [0.5, 0.6) is 11.5 Å². The largest absolute Gasteiger partial charge is 0.493 e. The number of aromatic nitrogens is 1. The Balaban J connectivity index is 2.41. The minimum atomic E-state index is -0.989. The van der Waals surface area contributed by atoms with Gasteiger partial charge >= 0.3 is 0 Å². The third-order valence-corrected chi connectivity index (χ3v) is 5.52. The van der Waals surface area contributed by atoms with Gasteiger partial charge in [-0.05, 0) is 46.1 Å².